The van der Waals surface area contributed by atoms with Crippen LogP contribution in [0.25, 0.3) is 0 Å². The van der Waals surface area contributed by atoms with E-state index < -0.39 is 0 Å². The van der Waals surface area contributed by atoms with E-state index in [1.54, 1.807) is 11.0 Å². The van der Waals surface area contributed by atoms with Crippen molar-refractivity contribution in [2.45, 2.75) is 38.1 Å². The number of methoxy groups -OCH3 is 1. The summed E-state index contributed by atoms with van der Waals surface area (Å²) in [6.45, 7) is 4.26. The first-order valence-electron chi connectivity index (χ1n) is 5.25. The molecule has 80 valence electrons. The first-order valence-corrected chi connectivity index (χ1v) is 5.25. The molecule has 0 aromatic carbocycles. The Morgan fingerprint density at radius 3 is 2.64 bits per heavy atom. The zero-order chi connectivity index (χ0) is 10.4. The summed E-state index contributed by atoms with van der Waals surface area (Å²) in [6, 6.07) is 0.356. The minimum atomic E-state index is -0.225. The van der Waals surface area contributed by atoms with Crippen molar-refractivity contribution in [3.8, 4) is 0 Å². The zero-order valence-electron chi connectivity index (χ0n) is 8.87. The van der Waals surface area contributed by atoms with Crippen molar-refractivity contribution in [3.63, 3.8) is 0 Å². The highest BCUT2D eigenvalue weighted by Gasteiger charge is 2.24. The molecule has 1 fully saturated rings. The average molecular weight is 197 g/mol. The highest BCUT2D eigenvalue weighted by molar-refractivity contribution is 5.68. The fourth-order valence-electron chi connectivity index (χ4n) is 2.02. The molecular formula is C11H19NO2. The smallest absolute Gasteiger partial charge is 0.410 e. The maximum atomic E-state index is 11.5. The number of rotatable bonds is 3. The van der Waals surface area contributed by atoms with Crippen molar-refractivity contribution in [1.82, 2.24) is 4.90 Å². The third kappa shape index (κ3) is 2.76. The molecule has 0 heterocycles. The number of ether oxygens (including phenoxy) is 1. The first-order chi connectivity index (χ1) is 6.79. The van der Waals surface area contributed by atoms with E-state index in [-0.39, 0.29) is 6.09 Å². The van der Waals surface area contributed by atoms with Gasteiger partial charge in [0.1, 0.15) is 0 Å². The predicted octanol–water partition coefficient (Wildman–Crippen LogP) is 2.57. The van der Waals surface area contributed by atoms with Crippen molar-refractivity contribution < 1.29 is 9.53 Å². The van der Waals surface area contributed by atoms with Crippen molar-refractivity contribution in [2.75, 3.05) is 13.7 Å². The van der Waals surface area contributed by atoms with E-state index in [0.717, 1.165) is 12.8 Å². The number of hydrogen-bond donors (Lipinski definition) is 0. The molecule has 1 aliphatic rings. The van der Waals surface area contributed by atoms with Crippen LogP contribution in [0.3, 0.4) is 0 Å². The first kappa shape index (κ1) is 11.1. The molecule has 0 aromatic heterocycles. The van der Waals surface area contributed by atoms with Crippen molar-refractivity contribution >= 4 is 6.09 Å². The Labute approximate surface area is 85.7 Å². The molecule has 1 amide bonds. The largest absolute Gasteiger partial charge is 0.453 e. The average Bonchev–Trinajstić information content (AvgIpc) is 2.26. The quantitative estimate of drug-likeness (QED) is 0.651. The van der Waals surface area contributed by atoms with Crippen LogP contribution in [0.2, 0.25) is 0 Å². The predicted molar refractivity (Wildman–Crippen MR) is 56.2 cm³/mol. The van der Waals surface area contributed by atoms with Gasteiger partial charge in [-0.3, -0.25) is 0 Å². The van der Waals surface area contributed by atoms with Gasteiger partial charge < -0.3 is 9.64 Å². The van der Waals surface area contributed by atoms with Gasteiger partial charge in [0, 0.05) is 12.6 Å². The number of amides is 1. The van der Waals surface area contributed by atoms with Crippen molar-refractivity contribution in [3.05, 3.63) is 12.7 Å². The number of nitrogens with zero attached hydrogens (tertiary/aromatic N) is 1. The highest BCUT2D eigenvalue weighted by atomic mass is 16.5. The monoisotopic (exact) mass is 197 g/mol. The van der Waals surface area contributed by atoms with Crippen LogP contribution < -0.4 is 0 Å². The van der Waals surface area contributed by atoms with Crippen LogP contribution in [0.15, 0.2) is 12.7 Å². The van der Waals surface area contributed by atoms with Crippen LogP contribution in [0.4, 0.5) is 4.79 Å². The van der Waals surface area contributed by atoms with Gasteiger partial charge >= 0.3 is 6.09 Å². The fraction of sp³-hybridized carbons (Fsp3) is 0.727. The molecule has 1 saturated carbocycles. The van der Waals surface area contributed by atoms with E-state index in [2.05, 4.69) is 6.58 Å². The summed E-state index contributed by atoms with van der Waals surface area (Å²) in [5.74, 6) is 0. The SMILES string of the molecule is C=CCN(C(=O)OC)C1CCCCC1. The van der Waals surface area contributed by atoms with Crippen molar-refractivity contribution in [1.29, 1.82) is 0 Å². The molecule has 0 aromatic rings. The molecule has 0 unspecified atom stereocenters. The van der Waals surface area contributed by atoms with Gasteiger partial charge in [-0.1, -0.05) is 25.3 Å². The molecule has 0 radical (unpaired) electrons. The Hall–Kier alpha value is -0.990. The summed E-state index contributed by atoms with van der Waals surface area (Å²) in [5.41, 5.74) is 0. The zero-order valence-corrected chi connectivity index (χ0v) is 8.87. The van der Waals surface area contributed by atoms with Gasteiger partial charge in [-0.2, -0.15) is 0 Å². The fourth-order valence-corrected chi connectivity index (χ4v) is 2.02. The summed E-state index contributed by atoms with van der Waals surface area (Å²) in [5, 5.41) is 0. The number of hydrogen-bond acceptors (Lipinski definition) is 2. The van der Waals surface area contributed by atoms with Crippen molar-refractivity contribution in [2.24, 2.45) is 0 Å². The summed E-state index contributed by atoms with van der Waals surface area (Å²) in [4.78, 5) is 13.2. The molecule has 3 nitrogen and oxygen atoms in total. The van der Waals surface area contributed by atoms with Crippen LogP contribution in [-0.2, 0) is 4.74 Å². The van der Waals surface area contributed by atoms with Gasteiger partial charge in [-0.05, 0) is 12.8 Å². The van der Waals surface area contributed by atoms with Gasteiger partial charge in [0.25, 0.3) is 0 Å². The molecule has 3 heteroatoms. The Bertz CT molecular complexity index is 197. The minimum absolute atomic E-state index is 0.225. The van der Waals surface area contributed by atoms with Crippen LogP contribution in [0.1, 0.15) is 32.1 Å². The van der Waals surface area contributed by atoms with Gasteiger partial charge in [0.2, 0.25) is 0 Å². The third-order valence-corrected chi connectivity index (χ3v) is 2.75. The second kappa shape index (κ2) is 5.68. The lowest BCUT2D eigenvalue weighted by Gasteiger charge is -2.32. The maximum absolute atomic E-state index is 11.5. The van der Waals surface area contributed by atoms with E-state index >= 15 is 0 Å². The highest BCUT2D eigenvalue weighted by Crippen LogP contribution is 2.22. The van der Waals surface area contributed by atoms with Gasteiger partial charge in [-0.25, -0.2) is 4.79 Å². The van der Waals surface area contributed by atoms with E-state index in [1.807, 2.05) is 0 Å². The molecule has 0 aliphatic heterocycles. The second-order valence-corrected chi connectivity index (χ2v) is 3.70. The number of carbonyl (C=O) groups is 1. The molecular weight excluding hydrogens is 178 g/mol. The molecule has 0 bridgehead atoms. The molecule has 1 aliphatic carbocycles. The maximum Gasteiger partial charge on any atom is 0.410 e. The molecule has 14 heavy (non-hydrogen) atoms. The molecule has 0 atom stereocenters. The minimum Gasteiger partial charge on any atom is -0.453 e. The normalized spacial score (nSPS) is 17.5. The molecule has 0 N–H and O–H groups in total. The van der Waals surface area contributed by atoms with Crippen LogP contribution in [0.5, 0.6) is 0 Å². The summed E-state index contributed by atoms with van der Waals surface area (Å²) >= 11 is 0. The Morgan fingerprint density at radius 2 is 2.14 bits per heavy atom. The van der Waals surface area contributed by atoms with Crippen LogP contribution >= 0.6 is 0 Å². The Morgan fingerprint density at radius 1 is 1.50 bits per heavy atom. The van der Waals surface area contributed by atoms with Crippen LogP contribution in [-0.4, -0.2) is 30.7 Å². The molecule has 0 spiro atoms. The van der Waals surface area contributed by atoms with E-state index in [0.29, 0.717) is 12.6 Å². The summed E-state index contributed by atoms with van der Waals surface area (Å²) in [7, 11) is 1.43. The van der Waals surface area contributed by atoms with E-state index in [1.165, 1.54) is 26.4 Å². The van der Waals surface area contributed by atoms with Crippen LogP contribution in [0, 0.1) is 0 Å². The Kier molecular flexibility index (Phi) is 4.50. The Balaban J connectivity index is 2.55. The van der Waals surface area contributed by atoms with Gasteiger partial charge in [0.05, 0.1) is 7.11 Å². The molecule has 1 rings (SSSR count). The lowest BCUT2D eigenvalue weighted by Crippen LogP contribution is -2.41. The second-order valence-electron chi connectivity index (χ2n) is 3.70. The van der Waals surface area contributed by atoms with Gasteiger partial charge in [-0.15, -0.1) is 6.58 Å². The summed E-state index contributed by atoms with van der Waals surface area (Å²) in [6.07, 6.45) is 7.46. The lowest BCUT2D eigenvalue weighted by molar-refractivity contribution is 0.100. The third-order valence-electron chi connectivity index (χ3n) is 2.75. The summed E-state index contributed by atoms with van der Waals surface area (Å²) < 4.78 is 4.76. The standard InChI is InChI=1S/C11H19NO2/c1-3-9-12(11(13)14-2)10-7-5-4-6-8-10/h3,10H,1,4-9H2,2H3. The van der Waals surface area contributed by atoms with E-state index in [9.17, 15) is 4.79 Å². The topological polar surface area (TPSA) is 29.5 Å². The lowest BCUT2D eigenvalue weighted by atomic mass is 9.94. The number of carbonyl (C=O) groups excluding carboxylic acids is 1. The van der Waals surface area contributed by atoms with E-state index in [4.69, 9.17) is 4.74 Å². The van der Waals surface area contributed by atoms with Gasteiger partial charge in [0.15, 0.2) is 0 Å². The molecule has 0 saturated heterocycles.